The van der Waals surface area contributed by atoms with Crippen molar-refractivity contribution in [2.24, 2.45) is 23.2 Å². The van der Waals surface area contributed by atoms with Crippen LogP contribution in [0.2, 0.25) is 0 Å². The number of hydrogen-bond acceptors (Lipinski definition) is 4. The average Bonchev–Trinajstić information content (AvgIpc) is 2.93. The summed E-state index contributed by atoms with van der Waals surface area (Å²) < 4.78 is 0. The molecule has 0 spiro atoms. The van der Waals surface area contributed by atoms with Crippen LogP contribution in [0.25, 0.3) is 0 Å². The molecule has 2 heterocycles. The molecule has 4 fully saturated rings. The first-order chi connectivity index (χ1) is 18.6. The molecule has 4 bridgehead atoms. The lowest BCUT2D eigenvalue weighted by atomic mass is 9.49. The second kappa shape index (κ2) is 9.33. The monoisotopic (exact) mass is 506 g/mol. The van der Waals surface area contributed by atoms with Crippen LogP contribution in [0.1, 0.15) is 66.8 Å². The molecule has 2 amide bonds. The van der Waals surface area contributed by atoms with Crippen LogP contribution in [0.15, 0.2) is 67.0 Å². The number of rotatable bonds is 5. The SMILES string of the molecule is O=C(C(c1ccccc1)c1ccccc1)N1CCc2c(ncnc2NC(=O)C23CC4CC(CC(C4)C2)C3)C1. The molecule has 4 aliphatic carbocycles. The Labute approximate surface area is 223 Å². The van der Waals surface area contributed by atoms with Crippen molar-refractivity contribution in [3.63, 3.8) is 0 Å². The van der Waals surface area contributed by atoms with Gasteiger partial charge in [-0.25, -0.2) is 9.97 Å². The minimum atomic E-state index is -0.365. The van der Waals surface area contributed by atoms with Gasteiger partial charge in [-0.3, -0.25) is 9.59 Å². The second-order valence-electron chi connectivity index (χ2n) is 12.1. The van der Waals surface area contributed by atoms with E-state index in [1.807, 2.05) is 65.6 Å². The van der Waals surface area contributed by atoms with Gasteiger partial charge in [-0.05, 0) is 73.8 Å². The molecular formula is C32H34N4O2. The van der Waals surface area contributed by atoms with Crippen molar-refractivity contribution in [2.45, 2.75) is 57.4 Å². The van der Waals surface area contributed by atoms with E-state index >= 15 is 0 Å². The summed E-state index contributed by atoms with van der Waals surface area (Å²) in [5, 5.41) is 3.25. The predicted octanol–water partition coefficient (Wildman–Crippen LogP) is 5.35. The number of amides is 2. The molecule has 0 atom stereocenters. The number of aromatic nitrogens is 2. The van der Waals surface area contributed by atoms with E-state index in [1.165, 1.54) is 25.6 Å². The maximum atomic E-state index is 13.9. The molecule has 1 aromatic heterocycles. The summed E-state index contributed by atoms with van der Waals surface area (Å²) >= 11 is 0. The Hall–Kier alpha value is -3.54. The van der Waals surface area contributed by atoms with E-state index in [9.17, 15) is 9.59 Å². The third kappa shape index (κ3) is 4.11. The van der Waals surface area contributed by atoms with Crippen molar-refractivity contribution in [1.82, 2.24) is 14.9 Å². The topological polar surface area (TPSA) is 75.2 Å². The van der Waals surface area contributed by atoms with Gasteiger partial charge in [-0.1, -0.05) is 60.7 Å². The molecule has 0 radical (unpaired) electrons. The molecule has 1 N–H and O–H groups in total. The Kier molecular flexibility index (Phi) is 5.79. The highest BCUT2D eigenvalue weighted by Crippen LogP contribution is 2.60. The van der Waals surface area contributed by atoms with E-state index in [-0.39, 0.29) is 23.1 Å². The van der Waals surface area contributed by atoms with Crippen LogP contribution in [-0.2, 0) is 22.6 Å². The Morgan fingerprint density at radius 2 is 1.42 bits per heavy atom. The highest BCUT2D eigenvalue weighted by atomic mass is 16.2. The van der Waals surface area contributed by atoms with Crippen LogP contribution in [0.4, 0.5) is 5.82 Å². The van der Waals surface area contributed by atoms with E-state index in [0.717, 1.165) is 41.6 Å². The van der Waals surface area contributed by atoms with E-state index in [1.54, 1.807) is 0 Å². The molecule has 0 saturated heterocycles. The Morgan fingerprint density at radius 1 is 0.842 bits per heavy atom. The number of nitrogens with one attached hydrogen (secondary N) is 1. The first-order valence-corrected chi connectivity index (χ1v) is 14.1. The lowest BCUT2D eigenvalue weighted by molar-refractivity contribution is -0.140. The third-order valence-electron chi connectivity index (χ3n) is 9.58. The Morgan fingerprint density at radius 3 is 2.00 bits per heavy atom. The third-order valence-corrected chi connectivity index (χ3v) is 9.58. The second-order valence-corrected chi connectivity index (χ2v) is 12.1. The first kappa shape index (κ1) is 23.6. The summed E-state index contributed by atoms with van der Waals surface area (Å²) in [7, 11) is 0. The lowest BCUT2D eigenvalue weighted by Crippen LogP contribution is -2.52. The standard InChI is InChI=1S/C32H34N4O2/c37-30(28(24-7-3-1-4-8-24)25-9-5-2-6-10-25)36-12-11-26-27(19-36)33-20-34-29(26)35-31(38)32-16-21-13-22(17-32)15-23(14-21)18-32/h1-10,20-23,28H,11-19H2,(H,33,34,35,38). The van der Waals surface area contributed by atoms with Crippen LogP contribution in [0.3, 0.4) is 0 Å². The molecule has 6 heteroatoms. The fraction of sp³-hybridized carbons (Fsp3) is 0.438. The number of hydrogen-bond donors (Lipinski definition) is 1. The van der Waals surface area contributed by atoms with Crippen LogP contribution < -0.4 is 5.32 Å². The van der Waals surface area contributed by atoms with E-state index in [2.05, 4.69) is 15.3 Å². The van der Waals surface area contributed by atoms with Crippen LogP contribution in [0.5, 0.6) is 0 Å². The zero-order chi connectivity index (χ0) is 25.7. The number of carbonyl (C=O) groups excluding carboxylic acids is 2. The molecule has 6 nitrogen and oxygen atoms in total. The van der Waals surface area contributed by atoms with Crippen molar-refractivity contribution in [1.29, 1.82) is 0 Å². The first-order valence-electron chi connectivity index (χ1n) is 14.1. The molecule has 0 unspecified atom stereocenters. The van der Waals surface area contributed by atoms with Gasteiger partial charge in [0.15, 0.2) is 0 Å². The van der Waals surface area contributed by atoms with E-state index < -0.39 is 0 Å². The van der Waals surface area contributed by atoms with Gasteiger partial charge in [0.1, 0.15) is 12.1 Å². The zero-order valence-electron chi connectivity index (χ0n) is 21.7. The van der Waals surface area contributed by atoms with Crippen LogP contribution >= 0.6 is 0 Å². The average molecular weight is 507 g/mol. The van der Waals surface area contributed by atoms with Gasteiger partial charge >= 0.3 is 0 Å². The molecule has 5 aliphatic rings. The molecule has 194 valence electrons. The fourth-order valence-electron chi connectivity index (χ4n) is 8.23. The summed E-state index contributed by atoms with van der Waals surface area (Å²) in [6.07, 6.45) is 9.19. The maximum absolute atomic E-state index is 13.9. The summed E-state index contributed by atoms with van der Waals surface area (Å²) in [5.41, 5.74) is 3.56. The summed E-state index contributed by atoms with van der Waals surface area (Å²) in [6, 6.07) is 20.0. The van der Waals surface area contributed by atoms with Gasteiger partial charge < -0.3 is 10.2 Å². The quantitative estimate of drug-likeness (QED) is 0.506. The summed E-state index contributed by atoms with van der Waals surface area (Å²) in [4.78, 5) is 38.6. The number of carbonyl (C=O) groups is 2. The molecule has 8 rings (SSSR count). The van der Waals surface area contributed by atoms with Crippen molar-refractivity contribution in [2.75, 3.05) is 11.9 Å². The van der Waals surface area contributed by atoms with Crippen molar-refractivity contribution >= 4 is 17.6 Å². The zero-order valence-corrected chi connectivity index (χ0v) is 21.7. The number of benzene rings is 2. The summed E-state index contributed by atoms with van der Waals surface area (Å²) in [6.45, 7) is 1.00. The van der Waals surface area contributed by atoms with Crippen LogP contribution in [-0.4, -0.2) is 33.2 Å². The van der Waals surface area contributed by atoms with Crippen molar-refractivity contribution in [3.05, 3.63) is 89.4 Å². The lowest BCUT2D eigenvalue weighted by Gasteiger charge is -2.55. The molecule has 3 aromatic rings. The van der Waals surface area contributed by atoms with Gasteiger partial charge in [-0.15, -0.1) is 0 Å². The predicted molar refractivity (Wildman–Crippen MR) is 145 cm³/mol. The minimum absolute atomic E-state index is 0.0748. The van der Waals surface area contributed by atoms with Gasteiger partial charge in [0.25, 0.3) is 0 Å². The van der Waals surface area contributed by atoms with Crippen molar-refractivity contribution < 1.29 is 9.59 Å². The van der Waals surface area contributed by atoms with E-state index in [4.69, 9.17) is 0 Å². The molecule has 4 saturated carbocycles. The largest absolute Gasteiger partial charge is 0.336 e. The van der Waals surface area contributed by atoms with Gasteiger partial charge in [-0.2, -0.15) is 0 Å². The molecule has 1 aliphatic heterocycles. The van der Waals surface area contributed by atoms with Crippen molar-refractivity contribution in [3.8, 4) is 0 Å². The highest BCUT2D eigenvalue weighted by molar-refractivity contribution is 5.95. The van der Waals surface area contributed by atoms with E-state index in [0.29, 0.717) is 43.1 Å². The molecule has 38 heavy (non-hydrogen) atoms. The maximum Gasteiger partial charge on any atom is 0.234 e. The smallest absolute Gasteiger partial charge is 0.234 e. The Balaban J connectivity index is 1.12. The molecule has 2 aromatic carbocycles. The number of nitrogens with zero attached hydrogens (tertiary/aromatic N) is 3. The fourth-order valence-corrected chi connectivity index (χ4v) is 8.23. The van der Waals surface area contributed by atoms with Gasteiger partial charge in [0.05, 0.1) is 23.6 Å². The number of anilines is 1. The minimum Gasteiger partial charge on any atom is -0.336 e. The normalized spacial score (nSPS) is 27.3. The Bertz CT molecular complexity index is 1280. The van der Waals surface area contributed by atoms with Crippen LogP contribution in [0, 0.1) is 23.2 Å². The highest BCUT2D eigenvalue weighted by Gasteiger charge is 2.54. The number of fused-ring (bicyclic) bond motifs is 1. The molecular weight excluding hydrogens is 472 g/mol. The van der Waals surface area contributed by atoms with Gasteiger partial charge in [0, 0.05) is 12.1 Å². The van der Waals surface area contributed by atoms with Gasteiger partial charge in [0.2, 0.25) is 11.8 Å². The summed E-state index contributed by atoms with van der Waals surface area (Å²) in [5.74, 6) is 2.66.